The van der Waals surface area contributed by atoms with Gasteiger partial charge in [0, 0.05) is 31.3 Å². The van der Waals surface area contributed by atoms with Gasteiger partial charge >= 0.3 is 5.97 Å². The molecule has 1 aliphatic heterocycles. The normalized spacial score (nSPS) is 17.1. The van der Waals surface area contributed by atoms with Crippen LogP contribution < -0.4 is 14.2 Å². The van der Waals surface area contributed by atoms with Crippen LogP contribution in [0.15, 0.2) is 42.0 Å². The Kier molecular flexibility index (Phi) is 7.47. The van der Waals surface area contributed by atoms with Crippen molar-refractivity contribution in [3.05, 3.63) is 58.7 Å². The highest BCUT2D eigenvalue weighted by atomic mass is 16.5. The quantitative estimate of drug-likeness (QED) is 0.521. The van der Waals surface area contributed by atoms with Crippen molar-refractivity contribution in [2.75, 3.05) is 26.7 Å². The minimum absolute atomic E-state index is 0.160. The predicted octanol–water partition coefficient (Wildman–Crippen LogP) is 5.19. The number of ether oxygens (including phenoxy) is 3. The summed E-state index contributed by atoms with van der Waals surface area (Å²) in [6.45, 7) is 8.92. The second-order valence-electron chi connectivity index (χ2n) is 9.38. The maximum atomic E-state index is 11.1. The van der Waals surface area contributed by atoms with Crippen LogP contribution in [0.25, 0.3) is 5.57 Å². The van der Waals surface area contributed by atoms with Gasteiger partial charge in [0.25, 0.3) is 0 Å². The Morgan fingerprint density at radius 3 is 2.62 bits per heavy atom. The number of carboxylic acids is 1. The number of allylic oxidation sites excluding steroid dienone is 1. The molecule has 1 aliphatic carbocycles. The van der Waals surface area contributed by atoms with E-state index in [4.69, 9.17) is 19.3 Å². The Morgan fingerprint density at radius 2 is 1.91 bits per heavy atom. The molecular formula is C28H35NO5. The molecule has 0 amide bonds. The van der Waals surface area contributed by atoms with E-state index in [0.29, 0.717) is 19.7 Å². The largest absolute Gasteiger partial charge is 0.496 e. The summed E-state index contributed by atoms with van der Waals surface area (Å²) in [4.78, 5) is 13.3. The SMILES string of the molecule is CC[C@H](C)Oc1ccc(COc2ccc3c(c2)CCC(CN2CC(C(=O)O)C2)=C3C)c(OC)c1. The molecule has 0 aromatic heterocycles. The molecule has 6 nitrogen and oxygen atoms in total. The number of nitrogens with zero attached hydrogens (tertiary/aromatic N) is 1. The van der Waals surface area contributed by atoms with Crippen LogP contribution in [-0.4, -0.2) is 48.8 Å². The Bertz CT molecular complexity index is 1070. The van der Waals surface area contributed by atoms with E-state index in [-0.39, 0.29) is 12.0 Å². The van der Waals surface area contributed by atoms with Crippen molar-refractivity contribution < 1.29 is 24.1 Å². The second kappa shape index (κ2) is 10.5. The average Bonchev–Trinajstić information content (AvgIpc) is 2.80. The molecule has 1 saturated heterocycles. The minimum atomic E-state index is -0.684. The maximum absolute atomic E-state index is 11.1. The summed E-state index contributed by atoms with van der Waals surface area (Å²) in [5.41, 5.74) is 6.27. The molecular weight excluding hydrogens is 430 g/mol. The van der Waals surface area contributed by atoms with Crippen molar-refractivity contribution in [1.29, 1.82) is 0 Å². The van der Waals surface area contributed by atoms with Gasteiger partial charge in [0.15, 0.2) is 0 Å². The van der Waals surface area contributed by atoms with Gasteiger partial charge in [0.05, 0.1) is 19.1 Å². The van der Waals surface area contributed by atoms with Gasteiger partial charge in [-0.2, -0.15) is 0 Å². The third-order valence-corrected chi connectivity index (χ3v) is 6.99. The first-order chi connectivity index (χ1) is 16.4. The predicted molar refractivity (Wildman–Crippen MR) is 133 cm³/mol. The highest BCUT2D eigenvalue weighted by molar-refractivity contribution is 5.73. The molecule has 1 heterocycles. The summed E-state index contributed by atoms with van der Waals surface area (Å²) in [5, 5.41) is 9.10. The molecule has 4 rings (SSSR count). The molecule has 6 heteroatoms. The van der Waals surface area contributed by atoms with Crippen LogP contribution in [0.3, 0.4) is 0 Å². The fourth-order valence-electron chi connectivity index (χ4n) is 4.61. The standard InChI is InChI=1S/C28H35NO5/c1-5-18(2)34-25-9-8-22(27(13-25)32-4)17-33-24-10-11-26-19(3)21(7-6-20(26)12-24)14-29-15-23(16-29)28(30)31/h8-13,18,23H,5-7,14-17H2,1-4H3,(H,30,31)/t18-/m0/s1. The van der Waals surface area contributed by atoms with Gasteiger partial charge in [-0.15, -0.1) is 0 Å². The lowest BCUT2D eigenvalue weighted by molar-refractivity contribution is -0.147. The second-order valence-corrected chi connectivity index (χ2v) is 9.38. The van der Waals surface area contributed by atoms with E-state index in [1.807, 2.05) is 24.3 Å². The number of aliphatic carboxylic acids is 1. The van der Waals surface area contributed by atoms with Crippen molar-refractivity contribution in [3.8, 4) is 17.2 Å². The zero-order chi connectivity index (χ0) is 24.2. The molecule has 1 atom stereocenters. The van der Waals surface area contributed by atoms with Gasteiger partial charge in [-0.05, 0) is 74.1 Å². The monoisotopic (exact) mass is 465 g/mol. The molecule has 0 unspecified atom stereocenters. The van der Waals surface area contributed by atoms with E-state index >= 15 is 0 Å². The molecule has 182 valence electrons. The Labute approximate surface area is 202 Å². The molecule has 0 saturated carbocycles. The fraction of sp³-hybridized carbons (Fsp3) is 0.464. The number of methoxy groups -OCH3 is 1. The van der Waals surface area contributed by atoms with Gasteiger partial charge in [-0.1, -0.05) is 18.6 Å². The molecule has 34 heavy (non-hydrogen) atoms. The van der Waals surface area contributed by atoms with Crippen molar-refractivity contribution in [2.24, 2.45) is 5.92 Å². The molecule has 1 N–H and O–H groups in total. The van der Waals surface area contributed by atoms with Crippen LogP contribution in [0.2, 0.25) is 0 Å². The van der Waals surface area contributed by atoms with Crippen LogP contribution in [-0.2, 0) is 17.8 Å². The molecule has 2 aromatic carbocycles. The number of rotatable bonds is 10. The lowest BCUT2D eigenvalue weighted by Gasteiger charge is -2.38. The molecule has 0 spiro atoms. The van der Waals surface area contributed by atoms with E-state index in [1.54, 1.807) is 7.11 Å². The number of likely N-dealkylation sites (tertiary alicyclic amines) is 1. The van der Waals surface area contributed by atoms with Gasteiger partial charge in [0.2, 0.25) is 0 Å². The highest BCUT2D eigenvalue weighted by Crippen LogP contribution is 2.35. The molecule has 1 fully saturated rings. The third kappa shape index (κ3) is 5.39. The Balaban J connectivity index is 1.39. The highest BCUT2D eigenvalue weighted by Gasteiger charge is 2.33. The lowest BCUT2D eigenvalue weighted by Crippen LogP contribution is -2.50. The number of carbonyl (C=O) groups is 1. The van der Waals surface area contributed by atoms with E-state index in [0.717, 1.165) is 48.6 Å². The smallest absolute Gasteiger partial charge is 0.309 e. The number of aryl methyl sites for hydroxylation is 1. The Hall–Kier alpha value is -2.99. The first kappa shape index (κ1) is 24.1. The summed E-state index contributed by atoms with van der Waals surface area (Å²) in [6.07, 6.45) is 3.08. The van der Waals surface area contributed by atoms with Gasteiger partial charge in [0.1, 0.15) is 23.9 Å². The minimum Gasteiger partial charge on any atom is -0.496 e. The summed E-state index contributed by atoms with van der Waals surface area (Å²) in [6, 6.07) is 12.2. The van der Waals surface area contributed by atoms with Crippen LogP contribution in [0.5, 0.6) is 17.2 Å². The topological polar surface area (TPSA) is 68.2 Å². The van der Waals surface area contributed by atoms with Crippen LogP contribution in [0.4, 0.5) is 0 Å². The van der Waals surface area contributed by atoms with Crippen molar-refractivity contribution in [3.63, 3.8) is 0 Å². The van der Waals surface area contributed by atoms with Gasteiger partial charge in [-0.3, -0.25) is 9.69 Å². The molecule has 0 radical (unpaired) electrons. The average molecular weight is 466 g/mol. The van der Waals surface area contributed by atoms with Crippen LogP contribution in [0, 0.1) is 5.92 Å². The number of carboxylic acid groups (broad SMARTS) is 1. The zero-order valence-corrected chi connectivity index (χ0v) is 20.6. The number of hydrogen-bond acceptors (Lipinski definition) is 5. The van der Waals surface area contributed by atoms with Crippen molar-refractivity contribution in [1.82, 2.24) is 4.90 Å². The summed E-state index contributed by atoms with van der Waals surface area (Å²) in [7, 11) is 1.67. The third-order valence-electron chi connectivity index (χ3n) is 6.99. The van der Waals surface area contributed by atoms with E-state index in [2.05, 4.69) is 37.8 Å². The summed E-state index contributed by atoms with van der Waals surface area (Å²) in [5.74, 6) is 1.52. The van der Waals surface area contributed by atoms with E-state index in [1.165, 1.54) is 22.3 Å². The molecule has 0 bridgehead atoms. The number of fused-ring (bicyclic) bond motifs is 1. The van der Waals surface area contributed by atoms with Crippen molar-refractivity contribution >= 4 is 11.5 Å². The maximum Gasteiger partial charge on any atom is 0.309 e. The zero-order valence-electron chi connectivity index (χ0n) is 20.6. The van der Waals surface area contributed by atoms with Crippen LogP contribution in [0.1, 0.15) is 50.3 Å². The van der Waals surface area contributed by atoms with Gasteiger partial charge in [-0.25, -0.2) is 0 Å². The Morgan fingerprint density at radius 1 is 1.15 bits per heavy atom. The lowest BCUT2D eigenvalue weighted by atomic mass is 9.85. The summed E-state index contributed by atoms with van der Waals surface area (Å²) < 4.78 is 17.6. The fourth-order valence-corrected chi connectivity index (χ4v) is 4.61. The molecule has 2 aliphatic rings. The van der Waals surface area contributed by atoms with Crippen LogP contribution >= 0.6 is 0 Å². The van der Waals surface area contributed by atoms with E-state index < -0.39 is 5.97 Å². The van der Waals surface area contributed by atoms with E-state index in [9.17, 15) is 4.79 Å². The summed E-state index contributed by atoms with van der Waals surface area (Å²) >= 11 is 0. The number of benzene rings is 2. The molecule has 2 aromatic rings. The number of hydrogen-bond donors (Lipinski definition) is 1. The first-order valence-electron chi connectivity index (χ1n) is 12.1. The van der Waals surface area contributed by atoms with Crippen molar-refractivity contribution in [2.45, 2.75) is 52.7 Å². The first-order valence-corrected chi connectivity index (χ1v) is 12.1. The van der Waals surface area contributed by atoms with Gasteiger partial charge < -0.3 is 19.3 Å².